The number of nitrogens with one attached hydrogen (secondary N) is 1. The van der Waals surface area contributed by atoms with E-state index in [1.807, 2.05) is 29.8 Å². The molecular weight excluding hydrogens is 320 g/mol. The van der Waals surface area contributed by atoms with E-state index < -0.39 is 0 Å². The molecule has 1 unspecified atom stereocenters. The summed E-state index contributed by atoms with van der Waals surface area (Å²) in [6.07, 6.45) is 1.82. The maximum Gasteiger partial charge on any atom is 0.114 e. The van der Waals surface area contributed by atoms with Gasteiger partial charge in [0.1, 0.15) is 5.01 Å². The first-order valence-corrected chi connectivity index (χ1v) is 7.35. The Morgan fingerprint density at radius 3 is 3.00 bits per heavy atom. The molecule has 90 valence electrons. The van der Waals surface area contributed by atoms with Gasteiger partial charge in [0.15, 0.2) is 0 Å². The van der Waals surface area contributed by atoms with E-state index >= 15 is 0 Å². The quantitative estimate of drug-likeness (QED) is 0.905. The average molecular weight is 332 g/mol. The van der Waals surface area contributed by atoms with Crippen molar-refractivity contribution >= 4 is 38.9 Å². The summed E-state index contributed by atoms with van der Waals surface area (Å²) in [6, 6.07) is 5.91. The van der Waals surface area contributed by atoms with Crippen LogP contribution in [0.5, 0.6) is 0 Å². The molecule has 0 radical (unpaired) electrons. The fourth-order valence-electron chi connectivity index (χ4n) is 1.65. The molecule has 2 nitrogen and oxygen atoms in total. The van der Waals surface area contributed by atoms with Gasteiger partial charge in [-0.15, -0.1) is 11.3 Å². The molecule has 17 heavy (non-hydrogen) atoms. The second-order valence-electron chi connectivity index (χ2n) is 3.53. The molecule has 0 fully saturated rings. The van der Waals surface area contributed by atoms with E-state index in [-0.39, 0.29) is 6.04 Å². The number of thiazole rings is 1. The molecule has 5 heteroatoms. The smallest absolute Gasteiger partial charge is 0.114 e. The second kappa shape index (κ2) is 5.96. The van der Waals surface area contributed by atoms with Gasteiger partial charge in [0.05, 0.1) is 6.04 Å². The Kier molecular flexibility index (Phi) is 4.56. The highest BCUT2D eigenvalue weighted by Crippen LogP contribution is 2.31. The van der Waals surface area contributed by atoms with E-state index in [1.165, 1.54) is 0 Å². The van der Waals surface area contributed by atoms with Crippen molar-refractivity contribution in [2.75, 3.05) is 6.54 Å². The molecule has 0 aliphatic carbocycles. The Hall–Kier alpha value is -0.420. The maximum absolute atomic E-state index is 6.06. The van der Waals surface area contributed by atoms with E-state index in [1.54, 1.807) is 11.3 Å². The van der Waals surface area contributed by atoms with Crippen molar-refractivity contribution in [2.24, 2.45) is 0 Å². The van der Waals surface area contributed by atoms with E-state index in [2.05, 4.69) is 33.2 Å². The van der Waals surface area contributed by atoms with Gasteiger partial charge in [0.25, 0.3) is 0 Å². The second-order valence-corrected chi connectivity index (χ2v) is 5.74. The van der Waals surface area contributed by atoms with Crippen LogP contribution in [0.4, 0.5) is 0 Å². The summed E-state index contributed by atoms with van der Waals surface area (Å²) >= 11 is 11.3. The molecule has 1 N–H and O–H groups in total. The van der Waals surface area contributed by atoms with Gasteiger partial charge in [-0.3, -0.25) is 0 Å². The lowest BCUT2D eigenvalue weighted by Gasteiger charge is -2.17. The lowest BCUT2D eigenvalue weighted by atomic mass is 10.1. The monoisotopic (exact) mass is 330 g/mol. The molecule has 0 spiro atoms. The van der Waals surface area contributed by atoms with E-state index in [0.717, 1.165) is 26.6 Å². The summed E-state index contributed by atoms with van der Waals surface area (Å²) in [5.74, 6) is 0. The van der Waals surface area contributed by atoms with Crippen molar-refractivity contribution in [1.82, 2.24) is 10.3 Å². The van der Waals surface area contributed by atoms with Crippen molar-refractivity contribution in [2.45, 2.75) is 13.0 Å². The number of rotatable bonds is 4. The number of hydrogen-bond acceptors (Lipinski definition) is 3. The van der Waals surface area contributed by atoms with Crippen LogP contribution in [0.25, 0.3) is 0 Å². The summed E-state index contributed by atoms with van der Waals surface area (Å²) in [7, 11) is 0. The van der Waals surface area contributed by atoms with Crippen molar-refractivity contribution in [3.8, 4) is 0 Å². The van der Waals surface area contributed by atoms with Crippen molar-refractivity contribution in [1.29, 1.82) is 0 Å². The largest absolute Gasteiger partial charge is 0.305 e. The average Bonchev–Trinajstić information content (AvgIpc) is 2.83. The highest BCUT2D eigenvalue weighted by atomic mass is 79.9. The molecule has 0 saturated heterocycles. The van der Waals surface area contributed by atoms with Gasteiger partial charge in [-0.1, -0.05) is 34.5 Å². The number of halogens is 2. The predicted molar refractivity (Wildman–Crippen MR) is 76.8 cm³/mol. The molecule has 0 aliphatic heterocycles. The first-order valence-electron chi connectivity index (χ1n) is 5.30. The predicted octanol–water partition coefficient (Wildman–Crippen LogP) is 4.26. The van der Waals surface area contributed by atoms with Gasteiger partial charge in [-0.05, 0) is 30.3 Å². The molecule has 1 aromatic heterocycles. The SMILES string of the molecule is CCNC(c1nccs1)c1cc(Cl)ccc1Br. The molecule has 1 aromatic carbocycles. The van der Waals surface area contributed by atoms with Crippen LogP contribution in [0.15, 0.2) is 34.2 Å². The number of benzene rings is 1. The minimum Gasteiger partial charge on any atom is -0.305 e. The van der Waals surface area contributed by atoms with Gasteiger partial charge in [0.2, 0.25) is 0 Å². The van der Waals surface area contributed by atoms with Crippen LogP contribution in [0.2, 0.25) is 5.02 Å². The molecule has 0 bridgehead atoms. The van der Waals surface area contributed by atoms with Crippen molar-refractivity contribution < 1.29 is 0 Å². The lowest BCUT2D eigenvalue weighted by molar-refractivity contribution is 0.625. The Balaban J connectivity index is 2.42. The van der Waals surface area contributed by atoms with Crippen molar-refractivity contribution in [3.63, 3.8) is 0 Å². The van der Waals surface area contributed by atoms with Crippen LogP contribution in [-0.4, -0.2) is 11.5 Å². The third kappa shape index (κ3) is 3.07. The fraction of sp³-hybridized carbons (Fsp3) is 0.250. The molecule has 2 rings (SSSR count). The van der Waals surface area contributed by atoms with Gasteiger partial charge < -0.3 is 5.32 Å². The van der Waals surface area contributed by atoms with Crippen LogP contribution < -0.4 is 5.32 Å². The molecule has 1 atom stereocenters. The summed E-state index contributed by atoms with van der Waals surface area (Å²) in [5.41, 5.74) is 1.12. The summed E-state index contributed by atoms with van der Waals surface area (Å²) < 4.78 is 1.04. The zero-order valence-electron chi connectivity index (χ0n) is 9.28. The first kappa shape index (κ1) is 13.0. The topological polar surface area (TPSA) is 24.9 Å². The van der Waals surface area contributed by atoms with Crippen LogP contribution in [0.1, 0.15) is 23.5 Å². The minimum atomic E-state index is 0.0908. The summed E-state index contributed by atoms with van der Waals surface area (Å²) in [5, 5.41) is 7.20. The third-order valence-electron chi connectivity index (χ3n) is 2.38. The van der Waals surface area contributed by atoms with Gasteiger partial charge in [0, 0.05) is 21.1 Å². The van der Waals surface area contributed by atoms with Crippen LogP contribution in [-0.2, 0) is 0 Å². The Morgan fingerprint density at radius 1 is 1.53 bits per heavy atom. The molecule has 2 aromatic rings. The molecular formula is C12H12BrClN2S. The minimum absolute atomic E-state index is 0.0908. The van der Waals surface area contributed by atoms with Crippen LogP contribution >= 0.6 is 38.9 Å². The fourth-order valence-corrected chi connectivity index (χ4v) is 3.03. The Labute approximate surface area is 118 Å². The number of hydrogen-bond donors (Lipinski definition) is 1. The van der Waals surface area contributed by atoms with Gasteiger partial charge in [-0.2, -0.15) is 0 Å². The van der Waals surface area contributed by atoms with Crippen LogP contribution in [0.3, 0.4) is 0 Å². The highest BCUT2D eigenvalue weighted by Gasteiger charge is 2.18. The zero-order valence-corrected chi connectivity index (χ0v) is 12.4. The van der Waals surface area contributed by atoms with Crippen molar-refractivity contribution in [3.05, 3.63) is 49.8 Å². The van der Waals surface area contributed by atoms with Gasteiger partial charge in [-0.25, -0.2) is 4.98 Å². The summed E-state index contributed by atoms with van der Waals surface area (Å²) in [6.45, 7) is 2.96. The zero-order chi connectivity index (χ0) is 12.3. The molecule has 0 aliphatic rings. The van der Waals surface area contributed by atoms with E-state index in [4.69, 9.17) is 11.6 Å². The van der Waals surface area contributed by atoms with Crippen LogP contribution in [0, 0.1) is 0 Å². The number of nitrogens with zero attached hydrogens (tertiary/aromatic N) is 1. The highest BCUT2D eigenvalue weighted by molar-refractivity contribution is 9.10. The van der Waals surface area contributed by atoms with Gasteiger partial charge >= 0.3 is 0 Å². The summed E-state index contributed by atoms with van der Waals surface area (Å²) in [4.78, 5) is 4.37. The van der Waals surface area contributed by atoms with E-state index in [9.17, 15) is 0 Å². The molecule has 0 amide bonds. The molecule has 1 heterocycles. The Morgan fingerprint density at radius 2 is 2.35 bits per heavy atom. The Bertz CT molecular complexity index is 487. The maximum atomic E-state index is 6.06. The van der Waals surface area contributed by atoms with E-state index in [0.29, 0.717) is 0 Å². The number of aromatic nitrogens is 1. The third-order valence-corrected chi connectivity index (χ3v) is 4.17. The first-order chi connectivity index (χ1) is 8.22. The standard InChI is InChI=1S/C12H12BrClN2S/c1-2-15-11(12-16-5-6-17-12)9-7-8(14)3-4-10(9)13/h3-7,11,15H,2H2,1H3. The molecule has 0 saturated carbocycles. The lowest BCUT2D eigenvalue weighted by Crippen LogP contribution is -2.22. The normalized spacial score (nSPS) is 12.6.